The first-order chi connectivity index (χ1) is 7.27. The van der Waals surface area contributed by atoms with Gasteiger partial charge in [-0.15, -0.1) is 0 Å². The van der Waals surface area contributed by atoms with Crippen LogP contribution in [0.3, 0.4) is 0 Å². The predicted octanol–water partition coefficient (Wildman–Crippen LogP) is 0.319. The number of nitrogens with zero attached hydrogens (tertiary/aromatic N) is 1. The van der Waals surface area contributed by atoms with E-state index in [1.807, 2.05) is 6.92 Å². The molecule has 0 saturated carbocycles. The zero-order chi connectivity index (χ0) is 11.1. The van der Waals surface area contributed by atoms with Crippen molar-refractivity contribution in [3.63, 3.8) is 0 Å². The molecule has 0 aromatic heterocycles. The summed E-state index contributed by atoms with van der Waals surface area (Å²) in [6.45, 7) is 10.4. The van der Waals surface area contributed by atoms with E-state index in [1.165, 1.54) is 0 Å². The second-order valence-electron chi connectivity index (χ2n) is 4.05. The molecule has 0 spiro atoms. The summed E-state index contributed by atoms with van der Waals surface area (Å²) in [5.41, 5.74) is 5.95. The van der Waals surface area contributed by atoms with E-state index >= 15 is 0 Å². The second-order valence-corrected chi connectivity index (χ2v) is 4.05. The van der Waals surface area contributed by atoms with Gasteiger partial charge in [-0.2, -0.15) is 0 Å². The predicted molar refractivity (Wildman–Crippen MR) is 60.9 cm³/mol. The van der Waals surface area contributed by atoms with Crippen LogP contribution in [-0.2, 0) is 9.47 Å². The first-order valence-electron chi connectivity index (χ1n) is 5.91. The van der Waals surface area contributed by atoms with Gasteiger partial charge in [0.05, 0.1) is 19.8 Å². The normalized spacial score (nSPS) is 26.4. The molecule has 0 aromatic rings. The van der Waals surface area contributed by atoms with Crippen LogP contribution < -0.4 is 5.73 Å². The molecule has 2 unspecified atom stereocenters. The lowest BCUT2D eigenvalue weighted by Crippen LogP contribution is -2.39. The molecule has 1 heterocycles. The van der Waals surface area contributed by atoms with Gasteiger partial charge < -0.3 is 20.1 Å². The number of hydrogen-bond acceptors (Lipinski definition) is 4. The van der Waals surface area contributed by atoms with Crippen LogP contribution in [0.2, 0.25) is 0 Å². The highest BCUT2D eigenvalue weighted by Crippen LogP contribution is 2.13. The van der Waals surface area contributed by atoms with Crippen LogP contribution in [0.25, 0.3) is 0 Å². The van der Waals surface area contributed by atoms with Gasteiger partial charge in [0, 0.05) is 31.7 Å². The van der Waals surface area contributed by atoms with Crippen molar-refractivity contribution >= 4 is 0 Å². The third-order valence-electron chi connectivity index (χ3n) is 2.94. The van der Waals surface area contributed by atoms with Crippen molar-refractivity contribution < 1.29 is 9.47 Å². The molecule has 0 radical (unpaired) electrons. The summed E-state index contributed by atoms with van der Waals surface area (Å²) in [6.07, 6.45) is 0. The molecule has 2 atom stereocenters. The summed E-state index contributed by atoms with van der Waals surface area (Å²) in [5.74, 6) is 0.492. The largest absolute Gasteiger partial charge is 0.380 e. The van der Waals surface area contributed by atoms with Crippen LogP contribution in [0, 0.1) is 5.92 Å². The molecule has 1 aliphatic rings. The Kier molecular flexibility index (Phi) is 6.17. The summed E-state index contributed by atoms with van der Waals surface area (Å²) in [5, 5.41) is 0. The van der Waals surface area contributed by atoms with Crippen LogP contribution in [-0.4, -0.2) is 57.0 Å². The lowest BCUT2D eigenvalue weighted by atomic mass is 10.0. The van der Waals surface area contributed by atoms with Crippen molar-refractivity contribution in [3.05, 3.63) is 0 Å². The minimum absolute atomic E-state index is 0.214. The van der Waals surface area contributed by atoms with Gasteiger partial charge in [-0.25, -0.2) is 0 Å². The van der Waals surface area contributed by atoms with Gasteiger partial charge in [0.25, 0.3) is 0 Å². The number of rotatable bonds is 7. The zero-order valence-corrected chi connectivity index (χ0v) is 9.95. The molecule has 2 N–H and O–H groups in total. The third kappa shape index (κ3) is 4.47. The number of ether oxygens (including phenoxy) is 2. The van der Waals surface area contributed by atoms with Crippen molar-refractivity contribution in [1.29, 1.82) is 0 Å². The van der Waals surface area contributed by atoms with Crippen LogP contribution in [0.5, 0.6) is 0 Å². The van der Waals surface area contributed by atoms with E-state index in [4.69, 9.17) is 15.2 Å². The van der Waals surface area contributed by atoms with Crippen molar-refractivity contribution in [2.75, 3.05) is 46.1 Å². The second kappa shape index (κ2) is 7.17. The summed E-state index contributed by atoms with van der Waals surface area (Å²) in [6, 6.07) is 0.214. The number of nitrogens with two attached hydrogens (primary N) is 1. The van der Waals surface area contributed by atoms with E-state index < -0.39 is 0 Å². The topological polar surface area (TPSA) is 47.7 Å². The fourth-order valence-electron chi connectivity index (χ4n) is 1.85. The van der Waals surface area contributed by atoms with E-state index in [2.05, 4.69) is 11.8 Å². The molecule has 1 fully saturated rings. The Hall–Kier alpha value is -0.160. The van der Waals surface area contributed by atoms with Gasteiger partial charge >= 0.3 is 0 Å². The highest BCUT2D eigenvalue weighted by atomic mass is 16.5. The van der Waals surface area contributed by atoms with E-state index in [0.29, 0.717) is 12.5 Å². The van der Waals surface area contributed by atoms with E-state index in [1.54, 1.807) is 0 Å². The molecule has 1 saturated heterocycles. The molecular weight excluding hydrogens is 192 g/mol. The van der Waals surface area contributed by atoms with Gasteiger partial charge in [0.15, 0.2) is 0 Å². The highest BCUT2D eigenvalue weighted by molar-refractivity contribution is 4.80. The lowest BCUT2D eigenvalue weighted by Gasteiger charge is -2.24. The van der Waals surface area contributed by atoms with Crippen LogP contribution in [0.15, 0.2) is 0 Å². The average molecular weight is 216 g/mol. The Morgan fingerprint density at radius 3 is 2.73 bits per heavy atom. The first-order valence-corrected chi connectivity index (χ1v) is 5.91. The molecule has 90 valence electrons. The smallest absolute Gasteiger partial charge is 0.0621 e. The van der Waals surface area contributed by atoms with Gasteiger partial charge in [-0.05, 0) is 13.5 Å². The molecule has 0 aromatic carbocycles. The average Bonchev–Trinajstić information content (AvgIpc) is 2.63. The molecule has 0 aliphatic carbocycles. The number of hydrogen-bond donors (Lipinski definition) is 1. The Morgan fingerprint density at radius 2 is 2.20 bits per heavy atom. The van der Waals surface area contributed by atoms with Gasteiger partial charge in [-0.3, -0.25) is 0 Å². The maximum atomic E-state index is 5.95. The molecular formula is C11H24N2O2. The molecule has 0 amide bonds. The molecule has 1 aliphatic heterocycles. The highest BCUT2D eigenvalue weighted by Gasteiger charge is 2.26. The van der Waals surface area contributed by atoms with Crippen LogP contribution in [0.4, 0.5) is 0 Å². The van der Waals surface area contributed by atoms with Crippen LogP contribution >= 0.6 is 0 Å². The Morgan fingerprint density at radius 1 is 1.40 bits per heavy atom. The summed E-state index contributed by atoms with van der Waals surface area (Å²) in [7, 11) is 0. The van der Waals surface area contributed by atoms with E-state index in [9.17, 15) is 0 Å². The van der Waals surface area contributed by atoms with Crippen molar-refractivity contribution in [1.82, 2.24) is 4.90 Å². The van der Waals surface area contributed by atoms with Gasteiger partial charge in [-0.1, -0.05) is 6.92 Å². The van der Waals surface area contributed by atoms with E-state index in [0.717, 1.165) is 39.5 Å². The Labute approximate surface area is 92.7 Å². The quantitative estimate of drug-likeness (QED) is 0.623. The fraction of sp³-hybridized carbons (Fsp3) is 1.00. The molecule has 4 heteroatoms. The molecule has 0 bridgehead atoms. The summed E-state index contributed by atoms with van der Waals surface area (Å²) in [4.78, 5) is 2.38. The minimum atomic E-state index is 0.214. The summed E-state index contributed by atoms with van der Waals surface area (Å²) < 4.78 is 10.7. The zero-order valence-electron chi connectivity index (χ0n) is 9.95. The standard InChI is InChI=1S/C11H24N2O2/c1-3-13(5-6-14-4-2)7-10-8-15-9-11(10)12/h10-11H,3-9,12H2,1-2H3. The maximum Gasteiger partial charge on any atom is 0.0621 e. The maximum absolute atomic E-state index is 5.95. The SMILES string of the molecule is CCOCCN(CC)CC1COCC1N. The molecule has 4 nitrogen and oxygen atoms in total. The van der Waals surface area contributed by atoms with Crippen LogP contribution in [0.1, 0.15) is 13.8 Å². The minimum Gasteiger partial charge on any atom is -0.380 e. The van der Waals surface area contributed by atoms with Crippen molar-refractivity contribution in [2.45, 2.75) is 19.9 Å². The fourth-order valence-corrected chi connectivity index (χ4v) is 1.85. The Bertz CT molecular complexity index is 167. The first kappa shape index (κ1) is 12.9. The monoisotopic (exact) mass is 216 g/mol. The van der Waals surface area contributed by atoms with Crippen molar-refractivity contribution in [3.8, 4) is 0 Å². The summed E-state index contributed by atoms with van der Waals surface area (Å²) >= 11 is 0. The van der Waals surface area contributed by atoms with Crippen molar-refractivity contribution in [2.24, 2.45) is 11.7 Å². The van der Waals surface area contributed by atoms with Gasteiger partial charge in [0.2, 0.25) is 0 Å². The number of likely N-dealkylation sites (N-methyl/N-ethyl adjacent to an activating group) is 1. The van der Waals surface area contributed by atoms with E-state index in [-0.39, 0.29) is 6.04 Å². The molecule has 15 heavy (non-hydrogen) atoms. The molecule has 1 rings (SSSR count). The third-order valence-corrected chi connectivity index (χ3v) is 2.94. The van der Waals surface area contributed by atoms with Gasteiger partial charge in [0.1, 0.15) is 0 Å². The Balaban J connectivity index is 2.20. The lowest BCUT2D eigenvalue weighted by molar-refractivity contribution is 0.105.